The number of nitrogens with one attached hydrogen (secondary N) is 3. The van der Waals surface area contributed by atoms with Gasteiger partial charge in [-0.05, 0) is 23.3 Å². The average molecular weight is 371 g/mol. The van der Waals surface area contributed by atoms with Crippen LogP contribution in [0.3, 0.4) is 0 Å². The van der Waals surface area contributed by atoms with Crippen LogP contribution in [0.5, 0.6) is 0 Å². The van der Waals surface area contributed by atoms with Crippen LogP contribution in [-0.2, 0) is 4.79 Å². The Bertz CT molecular complexity index is 938. The van der Waals surface area contributed by atoms with Gasteiger partial charge in [-0.15, -0.1) is 0 Å². The van der Waals surface area contributed by atoms with Crippen LogP contribution in [0.1, 0.15) is 17.0 Å². The van der Waals surface area contributed by atoms with Crippen LogP contribution < -0.4 is 16.4 Å². The van der Waals surface area contributed by atoms with Gasteiger partial charge in [-0.2, -0.15) is 0 Å². The highest BCUT2D eigenvalue weighted by Crippen LogP contribution is 2.33. The van der Waals surface area contributed by atoms with E-state index in [1.807, 2.05) is 54.7 Å². The Morgan fingerprint density at radius 2 is 1.77 bits per heavy atom. The van der Waals surface area contributed by atoms with E-state index < -0.39 is 6.03 Å². The number of urea groups is 1. The van der Waals surface area contributed by atoms with Gasteiger partial charge in [-0.1, -0.05) is 48.0 Å². The molecular formula is C19H19ClN4O2. The summed E-state index contributed by atoms with van der Waals surface area (Å²) < 4.78 is 0. The number of carbonyl (C=O) groups excluding carboxylic acids is 2. The molecule has 0 fully saturated rings. The van der Waals surface area contributed by atoms with Crippen molar-refractivity contribution in [2.24, 2.45) is 5.73 Å². The number of primary amides is 1. The molecule has 1 heterocycles. The third-order valence-corrected chi connectivity index (χ3v) is 4.55. The maximum atomic E-state index is 12.0. The number of para-hydroxylation sites is 1. The molecule has 3 amide bonds. The lowest BCUT2D eigenvalue weighted by molar-refractivity contribution is -0.120. The molecule has 0 aliphatic carbocycles. The zero-order valence-electron chi connectivity index (χ0n) is 14.0. The van der Waals surface area contributed by atoms with E-state index in [9.17, 15) is 9.59 Å². The monoisotopic (exact) mass is 370 g/mol. The van der Waals surface area contributed by atoms with E-state index in [0.29, 0.717) is 11.6 Å². The van der Waals surface area contributed by atoms with Crippen molar-refractivity contribution in [3.8, 4) is 0 Å². The summed E-state index contributed by atoms with van der Waals surface area (Å²) in [6.07, 6.45) is 1.94. The summed E-state index contributed by atoms with van der Waals surface area (Å²) in [5.41, 5.74) is 7.97. The Kier molecular flexibility index (Phi) is 5.43. The fraction of sp³-hybridized carbons (Fsp3) is 0.158. The molecule has 3 rings (SSSR count). The third-order valence-electron chi connectivity index (χ3n) is 4.20. The lowest BCUT2D eigenvalue weighted by Gasteiger charge is -2.19. The first-order valence-corrected chi connectivity index (χ1v) is 8.54. The van der Waals surface area contributed by atoms with Crippen molar-refractivity contribution in [3.05, 3.63) is 70.9 Å². The van der Waals surface area contributed by atoms with Gasteiger partial charge in [-0.25, -0.2) is 4.79 Å². The molecule has 0 unspecified atom stereocenters. The highest BCUT2D eigenvalue weighted by Gasteiger charge is 2.21. The highest BCUT2D eigenvalue weighted by molar-refractivity contribution is 6.31. The normalized spacial score (nSPS) is 11.9. The van der Waals surface area contributed by atoms with Crippen LogP contribution in [0.4, 0.5) is 4.79 Å². The molecular weight excluding hydrogens is 352 g/mol. The number of fused-ring (bicyclic) bond motifs is 1. The molecule has 7 heteroatoms. The first-order valence-electron chi connectivity index (χ1n) is 8.16. The summed E-state index contributed by atoms with van der Waals surface area (Å²) in [4.78, 5) is 26.0. The SMILES string of the molecule is NC(=O)NCC(=O)NC[C@@H](c1ccccc1Cl)c1c[nH]c2ccccc12. The largest absolute Gasteiger partial charge is 0.361 e. The summed E-state index contributed by atoms with van der Waals surface area (Å²) in [6, 6.07) is 14.8. The van der Waals surface area contributed by atoms with Gasteiger partial charge >= 0.3 is 6.03 Å². The highest BCUT2D eigenvalue weighted by atomic mass is 35.5. The number of hydrogen-bond acceptors (Lipinski definition) is 2. The number of benzene rings is 2. The van der Waals surface area contributed by atoms with E-state index in [2.05, 4.69) is 15.6 Å². The molecule has 0 saturated heterocycles. The van der Waals surface area contributed by atoms with E-state index in [1.54, 1.807) is 0 Å². The van der Waals surface area contributed by atoms with E-state index in [4.69, 9.17) is 17.3 Å². The van der Waals surface area contributed by atoms with Crippen molar-refractivity contribution in [1.29, 1.82) is 0 Å². The maximum absolute atomic E-state index is 12.0. The van der Waals surface area contributed by atoms with Crippen LogP contribution in [0.2, 0.25) is 5.02 Å². The predicted molar refractivity (Wildman–Crippen MR) is 102 cm³/mol. The molecule has 0 aliphatic rings. The summed E-state index contributed by atoms with van der Waals surface area (Å²) in [6.45, 7) is 0.170. The Hall–Kier alpha value is -2.99. The molecule has 0 saturated carbocycles. The molecule has 0 bridgehead atoms. The first kappa shape index (κ1) is 17.8. The van der Waals surface area contributed by atoms with E-state index in [0.717, 1.165) is 22.0 Å². The molecule has 1 atom stereocenters. The van der Waals surface area contributed by atoms with Gasteiger partial charge in [0.2, 0.25) is 5.91 Å². The van der Waals surface area contributed by atoms with E-state index in [-0.39, 0.29) is 18.4 Å². The van der Waals surface area contributed by atoms with Gasteiger partial charge in [0.25, 0.3) is 0 Å². The van der Waals surface area contributed by atoms with Crippen molar-refractivity contribution in [2.75, 3.05) is 13.1 Å². The number of H-pyrrole nitrogens is 1. The summed E-state index contributed by atoms with van der Waals surface area (Å²) in [7, 11) is 0. The average Bonchev–Trinajstić information content (AvgIpc) is 3.05. The number of halogens is 1. The molecule has 3 aromatic rings. The Balaban J connectivity index is 1.89. The first-order chi connectivity index (χ1) is 12.6. The molecule has 26 heavy (non-hydrogen) atoms. The maximum Gasteiger partial charge on any atom is 0.312 e. The van der Waals surface area contributed by atoms with Gasteiger partial charge in [0.15, 0.2) is 0 Å². The number of carbonyl (C=O) groups is 2. The number of aromatic nitrogens is 1. The molecule has 5 N–H and O–H groups in total. The Labute approximate surface area is 155 Å². The van der Waals surface area contributed by atoms with Crippen molar-refractivity contribution < 1.29 is 9.59 Å². The smallest absolute Gasteiger partial charge is 0.312 e. The lowest BCUT2D eigenvalue weighted by atomic mass is 9.90. The van der Waals surface area contributed by atoms with Crippen LogP contribution in [-0.4, -0.2) is 30.0 Å². The fourth-order valence-corrected chi connectivity index (χ4v) is 3.24. The van der Waals surface area contributed by atoms with Gasteiger partial charge in [0.05, 0.1) is 6.54 Å². The van der Waals surface area contributed by atoms with E-state index in [1.165, 1.54) is 0 Å². The molecule has 0 aliphatic heterocycles. The summed E-state index contributed by atoms with van der Waals surface area (Å²) in [5, 5.41) is 6.82. The quantitative estimate of drug-likeness (QED) is 0.536. The zero-order chi connectivity index (χ0) is 18.5. The molecule has 1 aromatic heterocycles. The van der Waals surface area contributed by atoms with Gasteiger partial charge in [0.1, 0.15) is 0 Å². The van der Waals surface area contributed by atoms with Crippen LogP contribution >= 0.6 is 11.6 Å². The molecule has 6 nitrogen and oxygen atoms in total. The molecule has 0 spiro atoms. The number of amides is 3. The summed E-state index contributed by atoms with van der Waals surface area (Å²) >= 11 is 6.41. The number of rotatable bonds is 6. The van der Waals surface area contributed by atoms with E-state index >= 15 is 0 Å². The Morgan fingerprint density at radius 3 is 2.54 bits per heavy atom. The molecule has 134 valence electrons. The summed E-state index contributed by atoms with van der Waals surface area (Å²) in [5.74, 6) is -0.460. The van der Waals surface area contributed by atoms with Crippen molar-refractivity contribution >= 4 is 34.4 Å². The van der Waals surface area contributed by atoms with Gasteiger partial charge in [-0.3, -0.25) is 4.79 Å². The molecule has 0 radical (unpaired) electrons. The predicted octanol–water partition coefficient (Wildman–Crippen LogP) is 2.74. The third kappa shape index (κ3) is 3.97. The minimum absolute atomic E-state index is 0.141. The van der Waals surface area contributed by atoms with Crippen LogP contribution in [0, 0.1) is 0 Å². The fourth-order valence-electron chi connectivity index (χ4n) is 2.97. The standard InChI is InChI=1S/C19H19ClN4O2/c20-16-7-3-1-5-12(16)14(10-23-18(25)11-24-19(21)26)15-9-22-17-8-4-2-6-13(15)17/h1-9,14,22H,10-11H2,(H,23,25)(H3,21,24,26)/t14-/m0/s1. The number of hydrogen-bond donors (Lipinski definition) is 4. The van der Waals surface area contributed by atoms with Gasteiger partial charge < -0.3 is 21.4 Å². The number of nitrogens with two attached hydrogens (primary N) is 1. The van der Waals surface area contributed by atoms with Crippen molar-refractivity contribution in [3.63, 3.8) is 0 Å². The number of aromatic amines is 1. The minimum atomic E-state index is -0.737. The Morgan fingerprint density at radius 1 is 1.04 bits per heavy atom. The second kappa shape index (κ2) is 7.93. The molecule has 2 aromatic carbocycles. The topological polar surface area (TPSA) is 100 Å². The van der Waals surface area contributed by atoms with Crippen LogP contribution in [0.25, 0.3) is 10.9 Å². The second-order valence-electron chi connectivity index (χ2n) is 5.89. The second-order valence-corrected chi connectivity index (χ2v) is 6.29. The van der Waals surface area contributed by atoms with Gasteiger partial charge in [0, 0.05) is 34.6 Å². The zero-order valence-corrected chi connectivity index (χ0v) is 14.7. The minimum Gasteiger partial charge on any atom is -0.361 e. The van der Waals surface area contributed by atoms with Crippen molar-refractivity contribution in [2.45, 2.75) is 5.92 Å². The van der Waals surface area contributed by atoms with Crippen molar-refractivity contribution in [1.82, 2.24) is 15.6 Å². The van der Waals surface area contributed by atoms with Crippen LogP contribution in [0.15, 0.2) is 54.7 Å². The lowest BCUT2D eigenvalue weighted by Crippen LogP contribution is -2.40.